The minimum atomic E-state index is 0.272. The third-order valence-corrected chi connectivity index (χ3v) is 6.43. The van der Waals surface area contributed by atoms with Crippen molar-refractivity contribution in [2.45, 2.75) is 19.1 Å². The zero-order chi connectivity index (χ0) is 16.1. The Labute approximate surface area is 145 Å². The van der Waals surface area contributed by atoms with Gasteiger partial charge in [0, 0.05) is 28.4 Å². The first-order valence-electron chi connectivity index (χ1n) is 6.84. The average molecular weight is 349 g/mol. The highest BCUT2D eigenvalue weighted by Gasteiger charge is 2.28. The fourth-order valence-electron chi connectivity index (χ4n) is 2.12. The third kappa shape index (κ3) is 3.73. The number of hydrogen-bond donors (Lipinski definition) is 0. The summed E-state index contributed by atoms with van der Waals surface area (Å²) < 4.78 is 1.02. The fraction of sp³-hybridized carbons (Fsp3) is 0.235. The minimum Gasteiger partial charge on any atom is -0.315 e. The van der Waals surface area contributed by atoms with Crippen molar-refractivity contribution >= 4 is 35.1 Å². The summed E-state index contributed by atoms with van der Waals surface area (Å²) in [4.78, 5) is 1.76. The molecule has 1 aromatic rings. The van der Waals surface area contributed by atoms with Crippen LogP contribution in [0.2, 0.25) is 5.02 Å². The van der Waals surface area contributed by atoms with Gasteiger partial charge in [0.25, 0.3) is 0 Å². The normalized spacial score (nSPS) is 20.0. The quantitative estimate of drug-likeness (QED) is 0.638. The standard InChI is InChI=1S/C17H17ClN2S2/c1-4-8-20(5-2)15(10-19)17-21-11-16(22-17)13-7-6-12(3)9-14(13)18/h4-9,16H,2,11H2,1,3H3/b8-4-,17-15-. The summed E-state index contributed by atoms with van der Waals surface area (Å²) in [6.45, 7) is 7.72. The summed E-state index contributed by atoms with van der Waals surface area (Å²) in [6.07, 6.45) is 5.38. The molecule has 0 aliphatic carbocycles. The maximum absolute atomic E-state index is 9.48. The van der Waals surface area contributed by atoms with Gasteiger partial charge in [-0.05, 0) is 31.0 Å². The van der Waals surface area contributed by atoms with E-state index in [1.807, 2.05) is 32.2 Å². The van der Waals surface area contributed by atoms with Gasteiger partial charge in [-0.2, -0.15) is 5.26 Å². The van der Waals surface area contributed by atoms with Crippen LogP contribution < -0.4 is 0 Å². The Balaban J connectivity index is 2.29. The zero-order valence-corrected chi connectivity index (χ0v) is 14.9. The van der Waals surface area contributed by atoms with Crippen LogP contribution in [-0.2, 0) is 0 Å². The second-order valence-corrected chi connectivity index (χ2v) is 7.67. The number of allylic oxidation sites excluding steroid dienone is 2. The Bertz CT molecular complexity index is 674. The third-order valence-electron chi connectivity index (χ3n) is 3.18. The van der Waals surface area contributed by atoms with Crippen LogP contribution in [0.25, 0.3) is 0 Å². The van der Waals surface area contributed by atoms with E-state index in [4.69, 9.17) is 11.6 Å². The second-order valence-electron chi connectivity index (χ2n) is 4.76. The molecule has 1 saturated heterocycles. The molecule has 0 radical (unpaired) electrons. The monoisotopic (exact) mass is 348 g/mol. The van der Waals surface area contributed by atoms with E-state index >= 15 is 0 Å². The second kappa shape index (κ2) is 7.82. The van der Waals surface area contributed by atoms with Crippen LogP contribution in [0.1, 0.15) is 23.3 Å². The molecule has 2 rings (SSSR count). The molecule has 0 saturated carbocycles. The molecule has 0 amide bonds. The van der Waals surface area contributed by atoms with Crippen LogP contribution >= 0.6 is 35.1 Å². The molecular weight excluding hydrogens is 332 g/mol. The number of aryl methyl sites for hydroxylation is 1. The lowest BCUT2D eigenvalue weighted by Crippen LogP contribution is -2.07. The van der Waals surface area contributed by atoms with Gasteiger partial charge in [-0.15, -0.1) is 23.5 Å². The topological polar surface area (TPSA) is 27.0 Å². The largest absolute Gasteiger partial charge is 0.315 e. The number of thioether (sulfide) groups is 2. The summed E-state index contributed by atoms with van der Waals surface area (Å²) in [7, 11) is 0. The van der Waals surface area contributed by atoms with Crippen LogP contribution in [0, 0.1) is 18.3 Å². The van der Waals surface area contributed by atoms with E-state index in [9.17, 15) is 5.26 Å². The lowest BCUT2D eigenvalue weighted by atomic mass is 10.1. The Kier molecular flexibility index (Phi) is 6.07. The van der Waals surface area contributed by atoms with Gasteiger partial charge < -0.3 is 4.90 Å². The SMILES string of the molecule is C=CN(/C=C\C)/C(C#N)=C1/SCC(c2ccc(C)cc2Cl)S1. The first kappa shape index (κ1) is 17.1. The molecule has 0 aromatic heterocycles. The molecule has 1 unspecified atom stereocenters. The van der Waals surface area contributed by atoms with Crippen molar-refractivity contribution in [1.82, 2.24) is 4.90 Å². The van der Waals surface area contributed by atoms with Gasteiger partial charge in [0.1, 0.15) is 11.8 Å². The van der Waals surface area contributed by atoms with Crippen molar-refractivity contribution in [1.29, 1.82) is 5.26 Å². The molecule has 1 aliphatic heterocycles. The summed E-state index contributed by atoms with van der Waals surface area (Å²) in [6, 6.07) is 8.44. The molecule has 1 heterocycles. The van der Waals surface area contributed by atoms with Crippen molar-refractivity contribution in [2.75, 3.05) is 5.75 Å². The molecule has 1 atom stereocenters. The van der Waals surface area contributed by atoms with E-state index in [1.165, 1.54) is 0 Å². The number of benzene rings is 1. The first-order valence-corrected chi connectivity index (χ1v) is 9.08. The van der Waals surface area contributed by atoms with E-state index in [-0.39, 0.29) is 5.25 Å². The van der Waals surface area contributed by atoms with Crippen LogP contribution in [-0.4, -0.2) is 10.7 Å². The van der Waals surface area contributed by atoms with E-state index in [0.29, 0.717) is 5.70 Å². The van der Waals surface area contributed by atoms with Crippen molar-refractivity contribution in [2.24, 2.45) is 0 Å². The predicted molar refractivity (Wildman–Crippen MR) is 98.5 cm³/mol. The maximum atomic E-state index is 9.48. The van der Waals surface area contributed by atoms with Crippen molar-refractivity contribution in [3.63, 3.8) is 0 Å². The maximum Gasteiger partial charge on any atom is 0.144 e. The number of hydrogen-bond acceptors (Lipinski definition) is 4. The summed E-state index contributed by atoms with van der Waals surface area (Å²) in [5.74, 6) is 0.911. The van der Waals surface area contributed by atoms with E-state index in [2.05, 4.69) is 24.8 Å². The average Bonchev–Trinajstić information content (AvgIpc) is 2.96. The van der Waals surface area contributed by atoms with Gasteiger partial charge in [0.2, 0.25) is 0 Å². The number of rotatable bonds is 4. The van der Waals surface area contributed by atoms with Crippen molar-refractivity contribution in [3.05, 3.63) is 69.3 Å². The first-order chi connectivity index (χ1) is 10.6. The molecule has 2 nitrogen and oxygen atoms in total. The minimum absolute atomic E-state index is 0.272. The number of nitriles is 1. The molecule has 22 heavy (non-hydrogen) atoms. The molecule has 5 heteroatoms. The van der Waals surface area contributed by atoms with Gasteiger partial charge in [-0.25, -0.2) is 0 Å². The molecule has 1 aromatic carbocycles. The van der Waals surface area contributed by atoms with Gasteiger partial charge in [-0.1, -0.05) is 36.4 Å². The molecule has 0 spiro atoms. The van der Waals surface area contributed by atoms with Gasteiger partial charge in [-0.3, -0.25) is 0 Å². The predicted octanol–water partition coefficient (Wildman–Crippen LogP) is 5.84. The molecular formula is C17H17ClN2S2. The summed E-state index contributed by atoms with van der Waals surface area (Å²) >= 11 is 9.77. The zero-order valence-electron chi connectivity index (χ0n) is 12.5. The molecule has 0 N–H and O–H groups in total. The highest BCUT2D eigenvalue weighted by Crippen LogP contribution is 2.52. The lowest BCUT2D eigenvalue weighted by molar-refractivity contribution is 0.657. The highest BCUT2D eigenvalue weighted by atomic mass is 35.5. The fourth-order valence-corrected chi connectivity index (χ4v) is 5.47. The van der Waals surface area contributed by atoms with Crippen molar-refractivity contribution in [3.8, 4) is 6.07 Å². The molecule has 0 bridgehead atoms. The summed E-state index contributed by atoms with van der Waals surface area (Å²) in [5, 5.41) is 10.5. The van der Waals surface area contributed by atoms with Gasteiger partial charge in [0.15, 0.2) is 0 Å². The Hall–Kier alpha value is -1.28. The molecule has 1 aliphatic rings. The van der Waals surface area contributed by atoms with E-state index < -0.39 is 0 Å². The Morgan fingerprint density at radius 1 is 1.55 bits per heavy atom. The van der Waals surface area contributed by atoms with Crippen molar-refractivity contribution < 1.29 is 0 Å². The van der Waals surface area contributed by atoms with Gasteiger partial charge in [0.05, 0.1) is 4.24 Å². The van der Waals surface area contributed by atoms with Gasteiger partial charge >= 0.3 is 0 Å². The lowest BCUT2D eigenvalue weighted by Gasteiger charge is -2.15. The molecule has 114 valence electrons. The van der Waals surface area contributed by atoms with Crippen LogP contribution in [0.15, 0.2) is 53.2 Å². The highest BCUT2D eigenvalue weighted by molar-refractivity contribution is 8.25. The van der Waals surface area contributed by atoms with Crippen LogP contribution in [0.3, 0.4) is 0 Å². The van der Waals surface area contributed by atoms with Crippen LogP contribution in [0.5, 0.6) is 0 Å². The smallest absolute Gasteiger partial charge is 0.144 e. The summed E-state index contributed by atoms with van der Waals surface area (Å²) in [5.41, 5.74) is 2.91. The Morgan fingerprint density at radius 3 is 2.91 bits per heavy atom. The van der Waals surface area contributed by atoms with E-state index in [0.717, 1.165) is 26.1 Å². The molecule has 1 fully saturated rings. The number of halogens is 1. The number of nitrogens with zero attached hydrogens (tertiary/aromatic N) is 2. The Morgan fingerprint density at radius 2 is 2.32 bits per heavy atom. The van der Waals surface area contributed by atoms with Crippen LogP contribution in [0.4, 0.5) is 0 Å². The van der Waals surface area contributed by atoms with E-state index in [1.54, 1.807) is 34.6 Å².